The van der Waals surface area contributed by atoms with E-state index in [4.69, 9.17) is 9.47 Å². The molecule has 0 spiro atoms. The maximum Gasteiger partial charge on any atom is 0.408 e. The molecule has 9 heteroatoms. The summed E-state index contributed by atoms with van der Waals surface area (Å²) in [7, 11) is 1.56. The minimum absolute atomic E-state index is 0.0194. The van der Waals surface area contributed by atoms with Crippen LogP contribution in [0.4, 0.5) is 10.5 Å². The highest BCUT2D eigenvalue weighted by atomic mass is 16.6. The van der Waals surface area contributed by atoms with Gasteiger partial charge in [-0.3, -0.25) is 9.59 Å². The Kier molecular flexibility index (Phi) is 13.6. The normalized spacial score (nSPS) is 12.8. The van der Waals surface area contributed by atoms with Gasteiger partial charge in [-0.25, -0.2) is 4.79 Å². The Morgan fingerprint density at radius 3 is 2.17 bits per heavy atom. The van der Waals surface area contributed by atoms with Crippen molar-refractivity contribution in [3.05, 3.63) is 54.1 Å². The highest BCUT2D eigenvalue weighted by Gasteiger charge is 2.37. The van der Waals surface area contributed by atoms with Gasteiger partial charge in [-0.15, -0.1) is 0 Å². The van der Waals surface area contributed by atoms with Gasteiger partial charge in [0.15, 0.2) is 0 Å². The molecule has 2 rings (SSSR count). The van der Waals surface area contributed by atoms with Gasteiger partial charge in [0.05, 0.1) is 7.11 Å². The lowest BCUT2D eigenvalue weighted by Crippen LogP contribution is -2.54. The highest BCUT2D eigenvalue weighted by molar-refractivity contribution is 5.99. The summed E-state index contributed by atoms with van der Waals surface area (Å²) in [5, 5.41) is 16.0. The Hall–Kier alpha value is -3.75. The number of anilines is 1. The van der Waals surface area contributed by atoms with Crippen molar-refractivity contribution in [2.75, 3.05) is 19.0 Å². The number of amides is 3. The van der Waals surface area contributed by atoms with E-state index in [2.05, 4.69) is 17.6 Å². The number of nitrogens with one attached hydrogen (secondary N) is 2. The number of carbonyl (C=O) groups is 3. The maximum atomic E-state index is 14.3. The van der Waals surface area contributed by atoms with E-state index in [0.717, 1.165) is 32.1 Å². The van der Waals surface area contributed by atoms with Crippen LogP contribution in [0.3, 0.4) is 0 Å². The van der Waals surface area contributed by atoms with Gasteiger partial charge in [0, 0.05) is 12.2 Å². The Bertz CT molecular complexity index is 1140. The average molecular weight is 584 g/mol. The molecule has 0 aliphatic heterocycles. The molecule has 3 amide bonds. The van der Waals surface area contributed by atoms with E-state index in [0.29, 0.717) is 30.0 Å². The lowest BCUT2D eigenvalue weighted by molar-refractivity contribution is -0.141. The molecule has 0 heterocycles. The molecule has 0 saturated heterocycles. The van der Waals surface area contributed by atoms with Crippen LogP contribution in [0.15, 0.2) is 48.5 Å². The molecule has 0 bridgehead atoms. The largest absolute Gasteiger partial charge is 0.508 e. The molecule has 0 saturated carbocycles. The van der Waals surface area contributed by atoms with Gasteiger partial charge in [0.2, 0.25) is 5.91 Å². The number of hydrogen-bond donors (Lipinski definition) is 3. The molecule has 232 valence electrons. The fraction of sp³-hybridized carbons (Fsp3) is 0.545. The number of ether oxygens (including phenoxy) is 2. The molecule has 3 N–H and O–H groups in total. The minimum Gasteiger partial charge on any atom is -0.508 e. The molecule has 2 aromatic carbocycles. The fourth-order valence-corrected chi connectivity index (χ4v) is 4.61. The van der Waals surface area contributed by atoms with Crippen molar-refractivity contribution in [3.8, 4) is 11.5 Å². The Morgan fingerprint density at radius 1 is 0.952 bits per heavy atom. The molecule has 2 atom stereocenters. The zero-order valence-corrected chi connectivity index (χ0v) is 26.2. The lowest BCUT2D eigenvalue weighted by Gasteiger charge is -2.35. The van der Waals surface area contributed by atoms with Crippen LogP contribution in [0.5, 0.6) is 11.5 Å². The third-order valence-corrected chi connectivity index (χ3v) is 6.74. The molecule has 0 aromatic heterocycles. The number of methoxy groups -OCH3 is 1. The average Bonchev–Trinajstić information content (AvgIpc) is 2.91. The number of aromatic hydroxyl groups is 1. The second-order valence-electron chi connectivity index (χ2n) is 11.9. The number of unbranched alkanes of at least 4 members (excludes halogenated alkanes) is 5. The number of alkyl carbamates (subject to hydrolysis) is 1. The standard InChI is InChI=1S/C33H49N3O6/c1-8-9-10-11-12-13-21-36(31(39)28(23(2)3)35-32(40)42-33(4,5)6)29(24-15-14-16-26(37)22-24)30(38)34-25-17-19-27(41-7)20-18-25/h14-20,22-23,28-29,37H,8-13,21H2,1-7H3,(H,34,38)(H,35,40). The number of benzene rings is 2. The summed E-state index contributed by atoms with van der Waals surface area (Å²) in [6, 6.07) is 11.3. The molecule has 0 aliphatic carbocycles. The molecular weight excluding hydrogens is 534 g/mol. The van der Waals surface area contributed by atoms with Crippen LogP contribution in [0.2, 0.25) is 0 Å². The van der Waals surface area contributed by atoms with Crippen molar-refractivity contribution < 1.29 is 29.0 Å². The van der Waals surface area contributed by atoms with Crippen molar-refractivity contribution in [3.63, 3.8) is 0 Å². The van der Waals surface area contributed by atoms with Gasteiger partial charge in [-0.2, -0.15) is 0 Å². The molecule has 0 radical (unpaired) electrons. The van der Waals surface area contributed by atoms with Crippen LogP contribution in [-0.2, 0) is 14.3 Å². The van der Waals surface area contributed by atoms with Gasteiger partial charge in [-0.05, 0) is 75.1 Å². The molecule has 2 unspecified atom stereocenters. The monoisotopic (exact) mass is 583 g/mol. The third-order valence-electron chi connectivity index (χ3n) is 6.74. The summed E-state index contributed by atoms with van der Waals surface area (Å²) in [5.74, 6) is -0.501. The van der Waals surface area contributed by atoms with Crippen LogP contribution in [0.25, 0.3) is 0 Å². The summed E-state index contributed by atoms with van der Waals surface area (Å²) in [6.45, 7) is 11.4. The molecule has 42 heavy (non-hydrogen) atoms. The first-order valence-electron chi connectivity index (χ1n) is 14.9. The number of hydrogen-bond acceptors (Lipinski definition) is 6. The van der Waals surface area contributed by atoms with Gasteiger partial charge in [-0.1, -0.05) is 65.0 Å². The van der Waals surface area contributed by atoms with Gasteiger partial charge in [0.25, 0.3) is 5.91 Å². The predicted molar refractivity (Wildman–Crippen MR) is 166 cm³/mol. The Labute approximate surface area is 251 Å². The number of carbonyl (C=O) groups excluding carboxylic acids is 3. The smallest absolute Gasteiger partial charge is 0.408 e. The zero-order chi connectivity index (χ0) is 31.3. The van der Waals surface area contributed by atoms with E-state index in [-0.39, 0.29) is 11.7 Å². The summed E-state index contributed by atoms with van der Waals surface area (Å²) >= 11 is 0. The zero-order valence-electron chi connectivity index (χ0n) is 26.2. The summed E-state index contributed by atoms with van der Waals surface area (Å²) in [6.07, 6.45) is 5.27. The SMILES string of the molecule is CCCCCCCCN(C(=O)C(NC(=O)OC(C)(C)C)C(C)C)C(C(=O)Nc1ccc(OC)cc1)c1cccc(O)c1. The summed E-state index contributed by atoms with van der Waals surface area (Å²) < 4.78 is 10.7. The molecule has 2 aromatic rings. The van der Waals surface area contributed by atoms with Crippen LogP contribution in [-0.4, -0.2) is 53.2 Å². The second-order valence-corrected chi connectivity index (χ2v) is 11.9. The molecule has 0 fully saturated rings. The van der Waals surface area contributed by atoms with E-state index < -0.39 is 35.6 Å². The van der Waals surface area contributed by atoms with Crippen molar-refractivity contribution in [2.45, 2.75) is 97.8 Å². The first kappa shape index (κ1) is 34.5. The van der Waals surface area contributed by atoms with Gasteiger partial charge >= 0.3 is 6.09 Å². The van der Waals surface area contributed by atoms with Gasteiger partial charge < -0.3 is 30.1 Å². The van der Waals surface area contributed by atoms with Crippen molar-refractivity contribution in [1.82, 2.24) is 10.2 Å². The van der Waals surface area contributed by atoms with Crippen molar-refractivity contribution >= 4 is 23.6 Å². The predicted octanol–water partition coefficient (Wildman–Crippen LogP) is 6.82. The highest BCUT2D eigenvalue weighted by Crippen LogP contribution is 2.29. The number of phenols is 1. The van der Waals surface area contributed by atoms with Crippen molar-refractivity contribution in [2.24, 2.45) is 5.92 Å². The van der Waals surface area contributed by atoms with Crippen LogP contribution in [0.1, 0.15) is 91.7 Å². The molecule has 0 aliphatic rings. The quantitative estimate of drug-likeness (QED) is 0.198. The number of phenolic OH excluding ortho intramolecular Hbond substituents is 1. The van der Waals surface area contributed by atoms with E-state index in [1.807, 2.05) is 13.8 Å². The number of rotatable bonds is 15. The molecule has 9 nitrogen and oxygen atoms in total. The van der Waals surface area contributed by atoms with Gasteiger partial charge in [0.1, 0.15) is 29.2 Å². The second kappa shape index (κ2) is 16.6. The van der Waals surface area contributed by atoms with Crippen LogP contribution >= 0.6 is 0 Å². The van der Waals surface area contributed by atoms with E-state index in [9.17, 15) is 19.5 Å². The Morgan fingerprint density at radius 2 is 1.60 bits per heavy atom. The third kappa shape index (κ3) is 11.3. The van der Waals surface area contributed by atoms with E-state index in [1.54, 1.807) is 64.3 Å². The van der Waals surface area contributed by atoms with E-state index >= 15 is 0 Å². The Balaban J connectivity index is 2.48. The van der Waals surface area contributed by atoms with Crippen molar-refractivity contribution in [1.29, 1.82) is 0 Å². The van der Waals surface area contributed by atoms with Crippen LogP contribution in [0, 0.1) is 5.92 Å². The lowest BCUT2D eigenvalue weighted by atomic mass is 9.98. The summed E-state index contributed by atoms with van der Waals surface area (Å²) in [4.78, 5) is 42.5. The number of nitrogens with zero attached hydrogens (tertiary/aromatic N) is 1. The first-order chi connectivity index (χ1) is 19.9. The fourth-order valence-electron chi connectivity index (χ4n) is 4.61. The molecular formula is C33H49N3O6. The topological polar surface area (TPSA) is 117 Å². The minimum atomic E-state index is -1.07. The van der Waals surface area contributed by atoms with E-state index in [1.165, 1.54) is 17.0 Å². The summed E-state index contributed by atoms with van der Waals surface area (Å²) in [5.41, 5.74) is 0.250. The first-order valence-corrected chi connectivity index (χ1v) is 14.9. The maximum absolute atomic E-state index is 14.3. The van der Waals surface area contributed by atoms with Crippen LogP contribution < -0.4 is 15.4 Å².